The first-order valence-corrected chi connectivity index (χ1v) is 10.1. The van der Waals surface area contributed by atoms with Gasteiger partial charge in [0.2, 0.25) is 15.9 Å². The number of carbonyl (C=O) groups excluding carboxylic acids is 1. The lowest BCUT2D eigenvalue weighted by Gasteiger charge is -2.22. The number of hydrogen-bond donors (Lipinski definition) is 1. The van der Waals surface area contributed by atoms with Crippen LogP contribution in [-0.4, -0.2) is 31.3 Å². The van der Waals surface area contributed by atoms with Gasteiger partial charge in [-0.25, -0.2) is 13.4 Å². The van der Waals surface area contributed by atoms with E-state index in [1.807, 2.05) is 43.3 Å². The average molecular weight is 371 g/mol. The number of nitrogens with zero attached hydrogens (tertiary/aromatic N) is 2. The SMILES string of the molecule is CC(=O)N1N=C(c2ccc(NS(C)(=O)=O)cc2)C[C@@H]1c1ccccc1C. The molecule has 1 amide bonds. The summed E-state index contributed by atoms with van der Waals surface area (Å²) < 4.78 is 25.1. The normalized spacial score (nSPS) is 17.1. The van der Waals surface area contributed by atoms with E-state index in [-0.39, 0.29) is 11.9 Å². The van der Waals surface area contributed by atoms with E-state index in [0.29, 0.717) is 12.1 Å². The van der Waals surface area contributed by atoms with Gasteiger partial charge in [-0.05, 0) is 35.7 Å². The molecule has 1 aliphatic rings. The zero-order valence-corrected chi connectivity index (χ0v) is 15.7. The van der Waals surface area contributed by atoms with Crippen molar-refractivity contribution in [1.29, 1.82) is 0 Å². The molecule has 0 fully saturated rings. The van der Waals surface area contributed by atoms with Gasteiger partial charge in [0.1, 0.15) is 0 Å². The Morgan fingerprint density at radius 2 is 1.81 bits per heavy atom. The van der Waals surface area contributed by atoms with Crippen LogP contribution in [0.4, 0.5) is 5.69 Å². The molecule has 1 aliphatic heterocycles. The summed E-state index contributed by atoms with van der Waals surface area (Å²) >= 11 is 0. The van der Waals surface area contributed by atoms with Gasteiger partial charge < -0.3 is 0 Å². The molecule has 7 heteroatoms. The molecule has 0 saturated heterocycles. The maximum atomic E-state index is 12.1. The number of amides is 1. The first-order chi connectivity index (χ1) is 12.2. The van der Waals surface area contributed by atoms with Crippen LogP contribution >= 0.6 is 0 Å². The molecule has 0 saturated carbocycles. The standard InChI is InChI=1S/C19H21N3O3S/c1-13-6-4-5-7-17(13)19-12-18(20-22(19)14(2)23)15-8-10-16(11-9-15)21-26(3,24)25/h4-11,19,21H,12H2,1-3H3/t19-/m1/s1. The number of hydrazone groups is 1. The van der Waals surface area contributed by atoms with E-state index in [0.717, 1.165) is 28.7 Å². The van der Waals surface area contributed by atoms with Crippen LogP contribution in [0, 0.1) is 6.92 Å². The van der Waals surface area contributed by atoms with Crippen molar-refractivity contribution in [3.8, 4) is 0 Å². The number of benzene rings is 2. The van der Waals surface area contributed by atoms with Crippen molar-refractivity contribution in [2.75, 3.05) is 11.0 Å². The summed E-state index contributed by atoms with van der Waals surface area (Å²) in [6.07, 6.45) is 1.72. The van der Waals surface area contributed by atoms with E-state index in [1.165, 1.54) is 11.9 Å². The Labute approximate surface area is 153 Å². The molecule has 136 valence electrons. The van der Waals surface area contributed by atoms with Crippen molar-refractivity contribution in [3.63, 3.8) is 0 Å². The number of anilines is 1. The second kappa shape index (κ2) is 6.92. The Hall–Kier alpha value is -2.67. The minimum absolute atomic E-state index is 0.108. The van der Waals surface area contributed by atoms with Crippen LogP contribution in [0.2, 0.25) is 0 Å². The molecule has 1 N–H and O–H groups in total. The summed E-state index contributed by atoms with van der Waals surface area (Å²) in [4.78, 5) is 12.1. The van der Waals surface area contributed by atoms with Gasteiger partial charge in [0, 0.05) is 19.0 Å². The van der Waals surface area contributed by atoms with Crippen LogP contribution in [0.15, 0.2) is 53.6 Å². The maximum Gasteiger partial charge on any atom is 0.240 e. The number of hydrogen-bond acceptors (Lipinski definition) is 4. The lowest BCUT2D eigenvalue weighted by atomic mass is 9.95. The summed E-state index contributed by atoms with van der Waals surface area (Å²) in [7, 11) is -3.31. The first kappa shape index (κ1) is 18.1. The Morgan fingerprint density at radius 3 is 2.38 bits per heavy atom. The number of nitrogens with one attached hydrogen (secondary N) is 1. The highest BCUT2D eigenvalue weighted by molar-refractivity contribution is 7.92. The molecule has 1 heterocycles. The van der Waals surface area contributed by atoms with Crippen molar-refractivity contribution in [2.24, 2.45) is 5.10 Å². The highest BCUT2D eigenvalue weighted by Gasteiger charge is 2.32. The van der Waals surface area contributed by atoms with Gasteiger partial charge in [-0.15, -0.1) is 0 Å². The second-order valence-electron chi connectivity index (χ2n) is 6.44. The maximum absolute atomic E-state index is 12.1. The highest BCUT2D eigenvalue weighted by Crippen LogP contribution is 2.34. The first-order valence-electron chi connectivity index (χ1n) is 8.25. The smallest absolute Gasteiger partial charge is 0.240 e. The van der Waals surface area contributed by atoms with Crippen molar-refractivity contribution < 1.29 is 13.2 Å². The molecule has 0 radical (unpaired) electrons. The van der Waals surface area contributed by atoms with Gasteiger partial charge in [-0.2, -0.15) is 5.10 Å². The van der Waals surface area contributed by atoms with Crippen molar-refractivity contribution >= 4 is 27.3 Å². The predicted octanol–water partition coefficient (Wildman–Crippen LogP) is 3.06. The topological polar surface area (TPSA) is 78.8 Å². The fourth-order valence-electron chi connectivity index (χ4n) is 3.12. The lowest BCUT2D eigenvalue weighted by molar-refractivity contribution is -0.130. The van der Waals surface area contributed by atoms with E-state index >= 15 is 0 Å². The predicted molar refractivity (Wildman–Crippen MR) is 103 cm³/mol. The Bertz CT molecular complexity index is 966. The molecule has 1 atom stereocenters. The van der Waals surface area contributed by atoms with Crippen LogP contribution in [0.5, 0.6) is 0 Å². The fraction of sp³-hybridized carbons (Fsp3) is 0.263. The van der Waals surface area contributed by atoms with Crippen LogP contribution in [-0.2, 0) is 14.8 Å². The van der Waals surface area contributed by atoms with Gasteiger partial charge in [0.25, 0.3) is 0 Å². The molecule has 3 rings (SSSR count). The highest BCUT2D eigenvalue weighted by atomic mass is 32.2. The molecule has 0 unspecified atom stereocenters. The minimum atomic E-state index is -3.31. The number of carbonyl (C=O) groups is 1. The quantitative estimate of drug-likeness (QED) is 0.897. The molecule has 0 spiro atoms. The zero-order chi connectivity index (χ0) is 18.9. The van der Waals surface area contributed by atoms with Crippen LogP contribution in [0.3, 0.4) is 0 Å². The van der Waals surface area contributed by atoms with Gasteiger partial charge in [0.15, 0.2) is 0 Å². The largest absolute Gasteiger partial charge is 0.284 e. The molecule has 6 nitrogen and oxygen atoms in total. The molecule has 26 heavy (non-hydrogen) atoms. The van der Waals surface area contributed by atoms with E-state index < -0.39 is 10.0 Å². The third-order valence-electron chi connectivity index (χ3n) is 4.30. The van der Waals surface area contributed by atoms with Gasteiger partial charge in [-0.3, -0.25) is 9.52 Å². The summed E-state index contributed by atoms with van der Waals surface area (Å²) in [5.74, 6) is -0.108. The van der Waals surface area contributed by atoms with Gasteiger partial charge in [0.05, 0.1) is 18.0 Å². The van der Waals surface area contributed by atoms with Crippen molar-refractivity contribution in [3.05, 3.63) is 65.2 Å². The minimum Gasteiger partial charge on any atom is -0.284 e. The van der Waals surface area contributed by atoms with Crippen LogP contribution in [0.25, 0.3) is 0 Å². The molecular weight excluding hydrogens is 350 g/mol. The molecule has 2 aromatic rings. The summed E-state index contributed by atoms with van der Waals surface area (Å²) in [5.41, 5.74) is 4.36. The van der Waals surface area contributed by atoms with Gasteiger partial charge >= 0.3 is 0 Å². The summed E-state index contributed by atoms with van der Waals surface area (Å²) in [6, 6.07) is 14.9. The number of aryl methyl sites for hydroxylation is 1. The third-order valence-corrected chi connectivity index (χ3v) is 4.91. The van der Waals surface area contributed by atoms with Crippen molar-refractivity contribution in [2.45, 2.75) is 26.3 Å². The average Bonchev–Trinajstić information content (AvgIpc) is 3.00. The second-order valence-corrected chi connectivity index (χ2v) is 8.19. The Kier molecular flexibility index (Phi) is 4.82. The van der Waals surface area contributed by atoms with Crippen molar-refractivity contribution in [1.82, 2.24) is 5.01 Å². The van der Waals surface area contributed by atoms with Gasteiger partial charge in [-0.1, -0.05) is 36.4 Å². The van der Waals surface area contributed by atoms with E-state index in [9.17, 15) is 13.2 Å². The monoisotopic (exact) mass is 371 g/mol. The molecule has 0 bridgehead atoms. The number of sulfonamides is 1. The van der Waals surface area contributed by atoms with Crippen LogP contribution < -0.4 is 4.72 Å². The molecule has 2 aromatic carbocycles. The van der Waals surface area contributed by atoms with E-state index in [1.54, 1.807) is 12.1 Å². The summed E-state index contributed by atoms with van der Waals surface area (Å²) in [6.45, 7) is 3.54. The Balaban J connectivity index is 1.88. The van der Waals surface area contributed by atoms with E-state index in [4.69, 9.17) is 0 Å². The molecular formula is C19H21N3O3S. The molecule has 0 aromatic heterocycles. The summed E-state index contributed by atoms with van der Waals surface area (Å²) in [5, 5.41) is 6.05. The lowest BCUT2D eigenvalue weighted by Crippen LogP contribution is -2.24. The Morgan fingerprint density at radius 1 is 1.15 bits per heavy atom. The zero-order valence-electron chi connectivity index (χ0n) is 14.9. The molecule has 0 aliphatic carbocycles. The van der Waals surface area contributed by atoms with Crippen LogP contribution in [0.1, 0.15) is 36.1 Å². The number of rotatable bonds is 4. The third kappa shape index (κ3) is 3.94. The van der Waals surface area contributed by atoms with E-state index in [2.05, 4.69) is 9.82 Å². The fourth-order valence-corrected chi connectivity index (χ4v) is 3.69.